The maximum Gasteiger partial charge on any atom is 0.349 e. The molecule has 2 aromatic heterocycles. The van der Waals surface area contributed by atoms with E-state index in [1.165, 1.54) is 36.8 Å². The minimum Gasteiger partial charge on any atom is -0.370 e. The highest BCUT2D eigenvalue weighted by atomic mass is 32.2. The number of anilines is 3. The SMILES string of the molecule is CC1(C)C[C@@H]2CCCNc3cccc(n3)S(=O)(=O)NC(=O)c3ccc(N4CCN(OCCC5CCCC5)C4=O)nc3N1C2. The molecule has 1 saturated carbocycles. The normalized spacial score (nSPS) is 23.9. The lowest BCUT2D eigenvalue weighted by atomic mass is 9.93. The molecule has 0 spiro atoms. The maximum atomic E-state index is 13.6. The molecule has 4 aliphatic rings. The van der Waals surface area contributed by atoms with E-state index in [9.17, 15) is 18.0 Å². The second kappa shape index (κ2) is 11.9. The Morgan fingerprint density at radius 3 is 2.65 bits per heavy atom. The summed E-state index contributed by atoms with van der Waals surface area (Å²) in [4.78, 5) is 45.6. The van der Waals surface area contributed by atoms with Gasteiger partial charge in [0.1, 0.15) is 17.5 Å². The second-order valence-electron chi connectivity index (χ2n) is 12.7. The molecule has 2 saturated heterocycles. The monoisotopic (exact) mass is 611 g/mol. The summed E-state index contributed by atoms with van der Waals surface area (Å²) in [6.07, 6.45) is 8.65. The molecule has 2 N–H and O–H groups in total. The number of rotatable bonds is 5. The Bertz CT molecular complexity index is 1480. The first-order valence-corrected chi connectivity index (χ1v) is 16.9. The molecule has 1 aliphatic carbocycles. The fourth-order valence-corrected chi connectivity index (χ4v) is 7.84. The molecule has 6 rings (SSSR count). The van der Waals surface area contributed by atoms with Crippen molar-refractivity contribution >= 4 is 39.4 Å². The van der Waals surface area contributed by atoms with Crippen molar-refractivity contribution in [3.63, 3.8) is 0 Å². The first-order chi connectivity index (χ1) is 20.6. The minimum atomic E-state index is -4.26. The molecule has 232 valence electrons. The predicted molar refractivity (Wildman–Crippen MR) is 162 cm³/mol. The summed E-state index contributed by atoms with van der Waals surface area (Å²) in [5.41, 5.74) is -0.216. The Morgan fingerprint density at radius 1 is 1.02 bits per heavy atom. The van der Waals surface area contributed by atoms with Gasteiger partial charge in [-0.05, 0) is 75.6 Å². The molecular weight excluding hydrogens is 570 g/mol. The number of hydrogen-bond acceptors (Lipinski definition) is 9. The van der Waals surface area contributed by atoms with Gasteiger partial charge >= 0.3 is 6.03 Å². The lowest BCUT2D eigenvalue weighted by molar-refractivity contribution is -0.107. The van der Waals surface area contributed by atoms with Crippen LogP contribution in [-0.4, -0.2) is 73.7 Å². The van der Waals surface area contributed by atoms with Gasteiger partial charge in [0.15, 0.2) is 5.03 Å². The van der Waals surface area contributed by atoms with Gasteiger partial charge in [-0.2, -0.15) is 8.42 Å². The van der Waals surface area contributed by atoms with Crippen molar-refractivity contribution in [1.82, 2.24) is 19.8 Å². The average Bonchev–Trinajstić information content (AvgIpc) is 3.69. The van der Waals surface area contributed by atoms with Gasteiger partial charge in [0.2, 0.25) is 0 Å². The summed E-state index contributed by atoms with van der Waals surface area (Å²) in [7, 11) is -4.26. The van der Waals surface area contributed by atoms with Crippen molar-refractivity contribution in [3.05, 3.63) is 35.9 Å². The van der Waals surface area contributed by atoms with E-state index in [2.05, 4.69) is 33.8 Å². The van der Waals surface area contributed by atoms with Gasteiger partial charge in [-0.25, -0.2) is 24.5 Å². The number of amides is 3. The lowest BCUT2D eigenvalue weighted by Gasteiger charge is -2.34. The van der Waals surface area contributed by atoms with Crippen molar-refractivity contribution in [1.29, 1.82) is 0 Å². The topological polar surface area (TPSA) is 137 Å². The molecule has 12 nitrogen and oxygen atoms in total. The fraction of sp³-hybridized carbons (Fsp3) is 0.600. The van der Waals surface area contributed by atoms with Crippen LogP contribution in [0, 0.1) is 11.8 Å². The number of pyridine rings is 2. The number of hydrogen-bond donors (Lipinski definition) is 2. The van der Waals surface area contributed by atoms with Crippen molar-refractivity contribution in [2.75, 3.05) is 47.9 Å². The molecular formula is C30H41N7O5S. The van der Waals surface area contributed by atoms with E-state index < -0.39 is 15.9 Å². The molecule has 0 aromatic carbocycles. The first-order valence-electron chi connectivity index (χ1n) is 15.4. The van der Waals surface area contributed by atoms with Crippen molar-refractivity contribution < 1.29 is 22.8 Å². The Balaban J connectivity index is 1.29. The second-order valence-corrected chi connectivity index (χ2v) is 14.3. The largest absolute Gasteiger partial charge is 0.370 e. The highest BCUT2D eigenvalue weighted by molar-refractivity contribution is 7.90. The Morgan fingerprint density at radius 2 is 1.84 bits per heavy atom. The molecule has 3 fully saturated rings. The molecule has 5 heterocycles. The van der Waals surface area contributed by atoms with Crippen LogP contribution in [0.3, 0.4) is 0 Å². The van der Waals surface area contributed by atoms with Gasteiger partial charge in [0.05, 0.1) is 18.7 Å². The van der Waals surface area contributed by atoms with Crippen LogP contribution < -0.4 is 19.8 Å². The van der Waals surface area contributed by atoms with E-state index in [1.54, 1.807) is 29.2 Å². The summed E-state index contributed by atoms with van der Waals surface area (Å²) in [5.74, 6) is 1.42. The van der Waals surface area contributed by atoms with Gasteiger partial charge in [-0.15, -0.1) is 0 Å². The first kappa shape index (κ1) is 29.6. The maximum absolute atomic E-state index is 13.6. The van der Waals surface area contributed by atoms with Crippen LogP contribution in [0.1, 0.15) is 75.6 Å². The Labute approximate surface area is 253 Å². The summed E-state index contributed by atoms with van der Waals surface area (Å²) in [6.45, 7) is 6.84. The molecule has 13 heteroatoms. The van der Waals surface area contributed by atoms with Crippen LogP contribution in [0.4, 0.5) is 22.2 Å². The fourth-order valence-electron chi connectivity index (χ4n) is 6.90. The molecule has 3 aliphatic heterocycles. The molecule has 2 aromatic rings. The van der Waals surface area contributed by atoms with Gasteiger partial charge < -0.3 is 10.2 Å². The third-order valence-corrected chi connectivity index (χ3v) is 10.4. The van der Waals surface area contributed by atoms with Gasteiger partial charge in [-0.3, -0.25) is 14.5 Å². The van der Waals surface area contributed by atoms with E-state index >= 15 is 0 Å². The van der Waals surface area contributed by atoms with Crippen LogP contribution in [0.25, 0.3) is 0 Å². The van der Waals surface area contributed by atoms with Crippen LogP contribution >= 0.6 is 0 Å². The Kier molecular flexibility index (Phi) is 8.20. The number of sulfonamides is 1. The van der Waals surface area contributed by atoms with Crippen LogP contribution in [0.2, 0.25) is 0 Å². The molecule has 43 heavy (non-hydrogen) atoms. The van der Waals surface area contributed by atoms with E-state index in [4.69, 9.17) is 9.82 Å². The van der Waals surface area contributed by atoms with Crippen LogP contribution in [0.15, 0.2) is 35.4 Å². The summed E-state index contributed by atoms with van der Waals surface area (Å²) in [6, 6.07) is 7.53. The van der Waals surface area contributed by atoms with E-state index in [1.807, 2.05) is 0 Å². The lowest BCUT2D eigenvalue weighted by Crippen LogP contribution is -2.41. The summed E-state index contributed by atoms with van der Waals surface area (Å²) in [5, 5.41) is 4.36. The van der Waals surface area contributed by atoms with Crippen LogP contribution in [-0.2, 0) is 14.9 Å². The number of nitrogens with zero attached hydrogens (tertiary/aromatic N) is 5. The highest BCUT2D eigenvalue weighted by Crippen LogP contribution is 2.40. The highest BCUT2D eigenvalue weighted by Gasteiger charge is 2.41. The van der Waals surface area contributed by atoms with Gasteiger partial charge in [0.25, 0.3) is 15.9 Å². The quantitative estimate of drug-likeness (QED) is 0.511. The zero-order valence-corrected chi connectivity index (χ0v) is 25.7. The smallest absolute Gasteiger partial charge is 0.349 e. The van der Waals surface area contributed by atoms with Gasteiger partial charge in [-0.1, -0.05) is 31.7 Å². The third kappa shape index (κ3) is 6.28. The standard InChI is InChI=1S/C30H41N7O5S/c1-30(2)19-22-9-6-15-31-24-10-5-11-26(32-24)43(40,41)34-28(38)23-12-13-25(33-27(23)36(30)20-22)35-16-17-37(29(35)39)42-18-14-21-7-3-4-8-21/h5,10-13,21-22H,3-4,6-9,14-20H2,1-2H3,(H,31,32)(H,34,38)/t22-/m0/s1. The molecule has 4 bridgehead atoms. The number of aromatic nitrogens is 2. The van der Waals surface area contributed by atoms with Crippen molar-refractivity contribution in [2.24, 2.45) is 11.8 Å². The number of urea groups is 1. The zero-order valence-electron chi connectivity index (χ0n) is 24.9. The number of nitrogens with one attached hydrogen (secondary N) is 2. The number of hydroxylamine groups is 2. The summed E-state index contributed by atoms with van der Waals surface area (Å²) < 4.78 is 28.6. The third-order valence-electron chi connectivity index (χ3n) is 9.14. The van der Waals surface area contributed by atoms with Gasteiger partial charge in [0, 0.05) is 25.2 Å². The molecule has 0 unspecified atom stereocenters. The molecule has 3 amide bonds. The molecule has 0 radical (unpaired) electrons. The number of carbonyl (C=O) groups excluding carboxylic acids is 2. The van der Waals surface area contributed by atoms with Crippen molar-refractivity contribution in [2.45, 2.75) is 75.8 Å². The number of carbonyl (C=O) groups is 2. The Hall–Kier alpha value is -3.45. The van der Waals surface area contributed by atoms with Crippen LogP contribution in [0.5, 0.6) is 0 Å². The summed E-state index contributed by atoms with van der Waals surface area (Å²) >= 11 is 0. The average molecular weight is 612 g/mol. The predicted octanol–water partition coefficient (Wildman–Crippen LogP) is 4.16. The molecule has 1 atom stereocenters. The zero-order chi connectivity index (χ0) is 30.2. The van der Waals surface area contributed by atoms with E-state index in [-0.39, 0.29) is 22.2 Å². The number of fused-ring (bicyclic) bond motifs is 6. The van der Waals surface area contributed by atoms with E-state index in [0.717, 1.165) is 25.7 Å². The minimum absolute atomic E-state index is 0.126. The van der Waals surface area contributed by atoms with E-state index in [0.29, 0.717) is 62.1 Å². The van der Waals surface area contributed by atoms with Crippen molar-refractivity contribution in [3.8, 4) is 0 Å².